The van der Waals surface area contributed by atoms with Gasteiger partial charge in [0, 0.05) is 53.8 Å². The van der Waals surface area contributed by atoms with Gasteiger partial charge in [0.2, 0.25) is 0 Å². The van der Waals surface area contributed by atoms with Crippen molar-refractivity contribution in [1.82, 2.24) is 4.98 Å². The number of thiophene rings is 1. The summed E-state index contributed by atoms with van der Waals surface area (Å²) in [4.78, 5) is 5.08. The lowest BCUT2D eigenvalue weighted by Gasteiger charge is -2.18. The van der Waals surface area contributed by atoms with E-state index in [1.807, 2.05) is 17.5 Å². The minimum absolute atomic E-state index is 0.889. The zero-order valence-corrected chi connectivity index (χ0v) is 27.7. The van der Waals surface area contributed by atoms with Crippen LogP contribution in [-0.2, 0) is 0 Å². The molecule has 0 atom stereocenters. The largest absolute Gasteiger partial charge is 0.456 e. The minimum atomic E-state index is 0.889. The van der Waals surface area contributed by atoms with Crippen LogP contribution in [0.4, 0.5) is 0 Å². The van der Waals surface area contributed by atoms with Crippen molar-refractivity contribution in [2.45, 2.75) is 0 Å². The lowest BCUT2D eigenvalue weighted by molar-refractivity contribution is 0.669. The maximum absolute atomic E-state index is 6.27. The van der Waals surface area contributed by atoms with Crippen LogP contribution in [0.5, 0.6) is 0 Å². The van der Waals surface area contributed by atoms with E-state index in [9.17, 15) is 0 Å². The van der Waals surface area contributed by atoms with E-state index in [0.29, 0.717) is 0 Å². The van der Waals surface area contributed by atoms with Crippen LogP contribution in [0.15, 0.2) is 168 Å². The van der Waals surface area contributed by atoms with Gasteiger partial charge in [-0.2, -0.15) is 0 Å². The summed E-state index contributed by atoms with van der Waals surface area (Å²) in [6, 6.07) is 56.8. The predicted molar refractivity (Wildman–Crippen MR) is 213 cm³/mol. The number of hydrogen-bond acceptors (Lipinski definition) is 3. The Morgan fingerprint density at radius 1 is 0.420 bits per heavy atom. The molecule has 0 bridgehead atoms. The van der Waals surface area contributed by atoms with Crippen molar-refractivity contribution < 1.29 is 4.42 Å². The highest BCUT2D eigenvalue weighted by Crippen LogP contribution is 2.47. The van der Waals surface area contributed by atoms with E-state index in [4.69, 9.17) is 9.40 Å². The molecule has 3 aromatic heterocycles. The van der Waals surface area contributed by atoms with Crippen LogP contribution < -0.4 is 0 Å². The van der Waals surface area contributed by atoms with Crippen molar-refractivity contribution in [2.24, 2.45) is 0 Å². The normalized spacial score (nSPS) is 12.0. The number of rotatable bonds is 3. The second-order valence-corrected chi connectivity index (χ2v) is 14.1. The molecule has 3 heteroatoms. The molecule has 0 unspecified atom stereocenters. The van der Waals surface area contributed by atoms with Crippen LogP contribution in [0.3, 0.4) is 0 Å². The van der Waals surface area contributed by atoms with Crippen molar-refractivity contribution in [1.29, 1.82) is 0 Å². The third kappa shape index (κ3) is 4.05. The zero-order valence-electron chi connectivity index (χ0n) is 26.9. The molecule has 0 spiro atoms. The van der Waals surface area contributed by atoms with E-state index < -0.39 is 0 Å². The summed E-state index contributed by atoms with van der Waals surface area (Å²) in [6.07, 6.45) is 2.04. The van der Waals surface area contributed by atoms with Gasteiger partial charge >= 0.3 is 0 Å². The number of benzene rings is 8. The third-order valence-electron chi connectivity index (χ3n) is 10.3. The number of aromatic nitrogens is 1. The van der Waals surface area contributed by atoms with Crippen LogP contribution >= 0.6 is 11.3 Å². The average molecular weight is 654 g/mol. The van der Waals surface area contributed by atoms with Gasteiger partial charge in [-0.3, -0.25) is 4.98 Å². The molecule has 0 aliphatic carbocycles. The summed E-state index contributed by atoms with van der Waals surface area (Å²) in [6.45, 7) is 0. The van der Waals surface area contributed by atoms with Crippen LogP contribution in [0, 0.1) is 0 Å². The maximum Gasteiger partial charge on any atom is 0.136 e. The summed E-state index contributed by atoms with van der Waals surface area (Å²) in [5, 5.41) is 12.2. The van der Waals surface area contributed by atoms with Crippen molar-refractivity contribution in [2.75, 3.05) is 0 Å². The van der Waals surface area contributed by atoms with Crippen LogP contribution in [-0.4, -0.2) is 4.98 Å². The molecule has 2 nitrogen and oxygen atoms in total. The first kappa shape index (κ1) is 27.6. The molecule has 0 N–H and O–H groups in total. The molecule has 0 aliphatic heterocycles. The monoisotopic (exact) mass is 653 g/mol. The fourth-order valence-electron chi connectivity index (χ4n) is 8.01. The van der Waals surface area contributed by atoms with Crippen LogP contribution in [0.2, 0.25) is 0 Å². The molecular weight excluding hydrogens is 627 g/mol. The quantitative estimate of drug-likeness (QED) is 0.177. The first-order valence-electron chi connectivity index (χ1n) is 16.9. The SMILES string of the molecule is c1ccc2cc3c(cc2c1)oc1ccc(-c2ccc(-c4c5ccccc5c(-c5cccc6c5sc5ccccc56)c5ccccc45)cn2)cc13. The number of nitrogens with zero attached hydrogens (tertiary/aromatic N) is 1. The Morgan fingerprint density at radius 3 is 1.78 bits per heavy atom. The summed E-state index contributed by atoms with van der Waals surface area (Å²) < 4.78 is 8.92. The Morgan fingerprint density at radius 2 is 1.04 bits per heavy atom. The highest BCUT2D eigenvalue weighted by molar-refractivity contribution is 7.26. The number of pyridine rings is 1. The number of hydrogen-bond donors (Lipinski definition) is 0. The molecular formula is C47H27NOS. The van der Waals surface area contributed by atoms with Crippen LogP contribution in [0.1, 0.15) is 0 Å². The van der Waals surface area contributed by atoms with E-state index >= 15 is 0 Å². The van der Waals surface area contributed by atoms with Gasteiger partial charge < -0.3 is 4.42 Å². The van der Waals surface area contributed by atoms with Gasteiger partial charge in [-0.15, -0.1) is 11.3 Å². The van der Waals surface area contributed by atoms with E-state index in [1.165, 1.54) is 69.2 Å². The van der Waals surface area contributed by atoms with E-state index in [0.717, 1.165) is 38.8 Å². The molecule has 0 radical (unpaired) electrons. The molecule has 232 valence electrons. The third-order valence-corrected chi connectivity index (χ3v) is 11.5. The lowest BCUT2D eigenvalue weighted by atomic mass is 9.86. The van der Waals surface area contributed by atoms with Crippen LogP contribution in [0.25, 0.3) is 108 Å². The van der Waals surface area contributed by atoms with Gasteiger partial charge in [-0.25, -0.2) is 0 Å². The highest BCUT2D eigenvalue weighted by atomic mass is 32.1. The maximum atomic E-state index is 6.27. The van der Waals surface area contributed by atoms with Crippen molar-refractivity contribution >= 4 is 85.8 Å². The molecule has 0 saturated heterocycles. The van der Waals surface area contributed by atoms with E-state index in [-0.39, 0.29) is 0 Å². The molecule has 11 rings (SSSR count). The van der Waals surface area contributed by atoms with Gasteiger partial charge in [-0.05, 0) is 85.9 Å². The minimum Gasteiger partial charge on any atom is -0.456 e. The van der Waals surface area contributed by atoms with E-state index in [2.05, 4.69) is 158 Å². The fraction of sp³-hybridized carbons (Fsp3) is 0. The molecule has 50 heavy (non-hydrogen) atoms. The number of fused-ring (bicyclic) bond motifs is 9. The van der Waals surface area contributed by atoms with Gasteiger partial charge in [0.05, 0.1) is 5.69 Å². The molecule has 0 aliphatic rings. The van der Waals surface area contributed by atoms with E-state index in [1.54, 1.807) is 0 Å². The van der Waals surface area contributed by atoms with Gasteiger partial charge in [-0.1, -0.05) is 115 Å². The second kappa shape index (κ2) is 10.6. The van der Waals surface area contributed by atoms with Crippen molar-refractivity contribution in [3.63, 3.8) is 0 Å². The first-order chi connectivity index (χ1) is 24.8. The predicted octanol–water partition coefficient (Wildman–Crippen LogP) is 13.8. The Bertz CT molecular complexity index is 3090. The van der Waals surface area contributed by atoms with Gasteiger partial charge in [0.15, 0.2) is 0 Å². The highest BCUT2D eigenvalue weighted by Gasteiger charge is 2.20. The molecule has 0 amide bonds. The molecule has 3 heterocycles. The standard InChI is InChI=1S/C47H27NOS/c1-2-11-29-26-43-40(24-28(29)10-1)39-25-30(21-23-42(39)49-43)41-22-20-31(27-48-41)45-33-13-3-5-15-35(33)46(36-16-6-4-14-34(36)45)38-18-9-17-37-32-12-7-8-19-44(32)50-47(37)38/h1-27H. The molecule has 0 saturated carbocycles. The Labute approximate surface area is 291 Å². The van der Waals surface area contributed by atoms with Crippen molar-refractivity contribution in [3.05, 3.63) is 164 Å². The first-order valence-corrected chi connectivity index (χ1v) is 17.8. The smallest absolute Gasteiger partial charge is 0.136 e. The Hall–Kier alpha value is -6.29. The number of furan rings is 1. The topological polar surface area (TPSA) is 26.0 Å². The Balaban J connectivity index is 1.08. The summed E-state index contributed by atoms with van der Waals surface area (Å²) >= 11 is 1.89. The molecule has 0 fully saturated rings. The van der Waals surface area contributed by atoms with Crippen molar-refractivity contribution in [3.8, 4) is 33.5 Å². The average Bonchev–Trinajstić information content (AvgIpc) is 3.74. The summed E-state index contributed by atoms with van der Waals surface area (Å²) in [5.41, 5.74) is 8.69. The fourth-order valence-corrected chi connectivity index (χ4v) is 9.23. The zero-order chi connectivity index (χ0) is 32.8. The lowest BCUT2D eigenvalue weighted by Crippen LogP contribution is -1.92. The molecule has 8 aromatic carbocycles. The Kier molecular flexibility index (Phi) is 5.86. The van der Waals surface area contributed by atoms with Gasteiger partial charge in [0.25, 0.3) is 0 Å². The molecule has 11 aromatic rings. The summed E-state index contributed by atoms with van der Waals surface area (Å²) in [7, 11) is 0. The summed E-state index contributed by atoms with van der Waals surface area (Å²) in [5.74, 6) is 0. The second-order valence-electron chi connectivity index (χ2n) is 13.1. The van der Waals surface area contributed by atoms with Gasteiger partial charge in [0.1, 0.15) is 11.2 Å².